The molecule has 2 aliphatic heterocycles. The summed E-state index contributed by atoms with van der Waals surface area (Å²) in [5.74, 6) is 1.64. The molecule has 0 atom stereocenters. The van der Waals surface area contributed by atoms with Crippen molar-refractivity contribution in [1.82, 2.24) is 59.4 Å². The van der Waals surface area contributed by atoms with Crippen LogP contribution in [-0.4, -0.2) is 75.4 Å². The van der Waals surface area contributed by atoms with Crippen LogP contribution in [0.2, 0.25) is 0 Å². The summed E-state index contributed by atoms with van der Waals surface area (Å²) >= 11 is 0. The Morgan fingerprint density at radius 2 is 0.843 bits per heavy atom. The van der Waals surface area contributed by atoms with E-state index < -0.39 is 10.8 Å². The van der Waals surface area contributed by atoms with Gasteiger partial charge in [0, 0.05) is 108 Å². The molecule has 14 rings (SSSR count). The molecule has 336 valence electrons. The quantitative estimate of drug-likeness (QED) is 0.122. The van der Waals surface area contributed by atoms with E-state index in [-0.39, 0.29) is 42.1 Å². The van der Waals surface area contributed by atoms with Gasteiger partial charge < -0.3 is 20.4 Å². The first-order chi connectivity index (χ1) is 33.6. The summed E-state index contributed by atoms with van der Waals surface area (Å²) in [5, 5.41) is 17.5. The molecular formula is C54H34N14Pt2+4. The summed E-state index contributed by atoms with van der Waals surface area (Å²) in [6.07, 6.45) is 21.9. The van der Waals surface area contributed by atoms with Crippen molar-refractivity contribution in [1.29, 1.82) is 0 Å². The van der Waals surface area contributed by atoms with Gasteiger partial charge in [-0.1, -0.05) is 42.6 Å². The third-order valence-electron chi connectivity index (χ3n) is 13.2. The zero-order valence-corrected chi connectivity index (χ0v) is 41.6. The van der Waals surface area contributed by atoms with Crippen molar-refractivity contribution in [2.75, 3.05) is 14.1 Å². The monoisotopic (exact) mass is 1270 g/mol. The van der Waals surface area contributed by atoms with Gasteiger partial charge in [-0.25, -0.2) is 0 Å². The van der Waals surface area contributed by atoms with Crippen molar-refractivity contribution in [3.05, 3.63) is 228 Å². The second kappa shape index (κ2) is 17.4. The SMILES string of the molecule is C[N+]1=C=[N+](c2[c-]c(C3(c4cc[n-]n4)c4ccncc4-c4cnccc43)ccc2)c2ncccc21.C[N+]1=C=[N+](c2[c-]c(C3(c4cc[n-]n4)c4ccncc4-c4cnccc43)ccc2)c2ncccc21.[Pt+2].[Pt+2]. The molecule has 0 saturated heterocycles. The van der Waals surface area contributed by atoms with Gasteiger partial charge in [0.15, 0.2) is 14.1 Å². The molecule has 0 N–H and O–H groups in total. The van der Waals surface area contributed by atoms with Gasteiger partial charge in [0.2, 0.25) is 0 Å². The van der Waals surface area contributed by atoms with Crippen LogP contribution < -0.4 is 19.3 Å². The molecule has 16 heteroatoms. The summed E-state index contributed by atoms with van der Waals surface area (Å²) in [7, 11) is 3.93. The van der Waals surface area contributed by atoms with Gasteiger partial charge in [0.25, 0.3) is 0 Å². The third kappa shape index (κ3) is 6.42. The minimum absolute atomic E-state index is 0. The molecule has 2 aliphatic carbocycles. The van der Waals surface area contributed by atoms with E-state index in [1.54, 1.807) is 24.8 Å². The molecule has 4 aliphatic rings. The van der Waals surface area contributed by atoms with Crippen molar-refractivity contribution < 1.29 is 51.3 Å². The molecule has 0 spiro atoms. The van der Waals surface area contributed by atoms with Crippen molar-refractivity contribution in [2.24, 2.45) is 0 Å². The summed E-state index contributed by atoms with van der Waals surface area (Å²) in [6.45, 7) is 0. The molecule has 0 fully saturated rings. The van der Waals surface area contributed by atoms with Gasteiger partial charge in [-0.05, 0) is 58.7 Å². The zero-order chi connectivity index (χ0) is 45.4. The largest absolute Gasteiger partial charge is 2.00 e. The molecule has 70 heavy (non-hydrogen) atoms. The summed E-state index contributed by atoms with van der Waals surface area (Å²) in [5.41, 5.74) is 14.4. The van der Waals surface area contributed by atoms with Crippen LogP contribution in [0.15, 0.2) is 171 Å². The number of rotatable bonds is 6. The fourth-order valence-corrected chi connectivity index (χ4v) is 10.4. The number of hydrogen-bond acceptors (Lipinski definition) is 8. The predicted octanol–water partition coefficient (Wildman–Crippen LogP) is 7.36. The number of aromatic nitrogens is 10. The van der Waals surface area contributed by atoms with E-state index in [1.165, 1.54) is 0 Å². The van der Waals surface area contributed by atoms with Crippen molar-refractivity contribution in [3.8, 4) is 22.3 Å². The van der Waals surface area contributed by atoms with Crippen LogP contribution in [0.25, 0.3) is 22.3 Å². The average molecular weight is 1270 g/mol. The predicted molar refractivity (Wildman–Crippen MR) is 252 cm³/mol. The molecule has 10 heterocycles. The van der Waals surface area contributed by atoms with Crippen LogP contribution in [0.5, 0.6) is 0 Å². The Kier molecular flexibility index (Phi) is 11.1. The van der Waals surface area contributed by atoms with Crippen LogP contribution in [0.4, 0.5) is 34.4 Å². The van der Waals surface area contributed by atoms with Crippen LogP contribution in [0.1, 0.15) is 44.8 Å². The van der Waals surface area contributed by atoms with E-state index >= 15 is 0 Å². The van der Waals surface area contributed by atoms with Crippen LogP contribution >= 0.6 is 0 Å². The molecule has 0 bridgehead atoms. The Morgan fingerprint density at radius 3 is 1.20 bits per heavy atom. The van der Waals surface area contributed by atoms with Crippen molar-refractivity contribution in [2.45, 2.75) is 10.8 Å². The first-order valence-corrected chi connectivity index (χ1v) is 21.8. The Bertz CT molecular complexity index is 3490. The summed E-state index contributed by atoms with van der Waals surface area (Å²) < 4.78 is 7.77. The number of benzene rings is 2. The van der Waals surface area contributed by atoms with Crippen LogP contribution in [-0.2, 0) is 53.0 Å². The third-order valence-corrected chi connectivity index (χ3v) is 13.2. The first-order valence-electron chi connectivity index (χ1n) is 21.8. The van der Waals surface area contributed by atoms with Gasteiger partial charge in [0.1, 0.15) is 11.4 Å². The molecule has 0 saturated carbocycles. The Balaban J connectivity index is 0.000000148. The van der Waals surface area contributed by atoms with E-state index in [0.717, 1.165) is 101 Å². The van der Waals surface area contributed by atoms with Gasteiger partial charge in [0.05, 0.1) is 10.8 Å². The molecule has 8 aromatic heterocycles. The normalized spacial score (nSPS) is 14.3. The maximum Gasteiger partial charge on any atom is 2.00 e. The number of nitrogens with zero attached hydrogens (tertiary/aromatic N) is 14. The molecule has 10 aromatic rings. The van der Waals surface area contributed by atoms with Gasteiger partial charge in [-0.15, -0.1) is 23.3 Å². The smallest absolute Gasteiger partial charge is 0.581 e. The summed E-state index contributed by atoms with van der Waals surface area (Å²) in [4.78, 5) is 26.8. The molecule has 0 amide bonds. The molecule has 14 nitrogen and oxygen atoms in total. The second-order valence-corrected chi connectivity index (χ2v) is 16.6. The van der Waals surface area contributed by atoms with Gasteiger partial charge in [-0.3, -0.25) is 19.9 Å². The fourth-order valence-electron chi connectivity index (χ4n) is 10.4. The Hall–Kier alpha value is -8.10. The minimum atomic E-state index is -0.693. The standard InChI is InChI=1S/2C27H17N7.2Pt/c2*1-33-17-34(26-24(33)6-3-10-30-26)19-5-2-4-18(14-19)27(25-9-13-31-32-25)22-7-11-28-15-20(22)21-16-29-12-8-23(21)27;;/h2*2-13,15-16H,1H3;;/q;;2*+2. The van der Waals surface area contributed by atoms with E-state index in [9.17, 15) is 0 Å². The van der Waals surface area contributed by atoms with Crippen LogP contribution in [0, 0.1) is 12.1 Å². The minimum Gasteiger partial charge on any atom is -0.581 e. The van der Waals surface area contributed by atoms with E-state index in [4.69, 9.17) is 0 Å². The number of pyridine rings is 6. The van der Waals surface area contributed by atoms with Crippen molar-refractivity contribution >= 4 is 46.4 Å². The van der Waals surface area contributed by atoms with Crippen molar-refractivity contribution in [3.63, 3.8) is 0 Å². The topological polar surface area (TPSA) is 143 Å². The average Bonchev–Trinajstić information content (AvgIpc) is 4.28. The molecule has 2 aromatic carbocycles. The van der Waals surface area contributed by atoms with E-state index in [1.807, 2.05) is 143 Å². The van der Waals surface area contributed by atoms with Gasteiger partial charge >= 0.3 is 77.2 Å². The molecular weight excluding hydrogens is 1230 g/mol. The first kappa shape index (κ1) is 44.4. The van der Waals surface area contributed by atoms with Crippen LogP contribution in [0.3, 0.4) is 0 Å². The molecule has 0 radical (unpaired) electrons. The Morgan fingerprint density at radius 1 is 0.457 bits per heavy atom. The van der Waals surface area contributed by atoms with E-state index in [2.05, 4.69) is 111 Å². The zero-order valence-electron chi connectivity index (χ0n) is 37.1. The maximum absolute atomic E-state index is 4.60. The van der Waals surface area contributed by atoms with Gasteiger partial charge in [-0.2, -0.15) is 46.6 Å². The number of fused-ring (bicyclic) bond motifs is 8. The Labute approximate surface area is 429 Å². The second-order valence-electron chi connectivity index (χ2n) is 16.6. The molecule has 0 unspecified atom stereocenters. The van der Waals surface area contributed by atoms with E-state index in [0.29, 0.717) is 0 Å². The summed E-state index contributed by atoms with van der Waals surface area (Å²) in [6, 6.07) is 46.5. The maximum atomic E-state index is 4.60. The fraction of sp³-hybridized carbons (Fsp3) is 0.0741. The number of hydrogen-bond donors (Lipinski definition) is 0.